The molecule has 0 saturated heterocycles. The zero-order chi connectivity index (χ0) is 9.97. The van der Waals surface area contributed by atoms with Crippen molar-refractivity contribution in [3.63, 3.8) is 0 Å². The average Bonchev–Trinajstić information content (AvgIpc) is 2.19. The van der Waals surface area contributed by atoms with Crippen LogP contribution in [-0.2, 0) is 6.42 Å². The zero-order valence-corrected chi connectivity index (χ0v) is 8.72. The minimum absolute atomic E-state index is 0.794. The predicted octanol–water partition coefficient (Wildman–Crippen LogP) is 4.26. The maximum absolute atomic E-state index is 5.91. The summed E-state index contributed by atoms with van der Waals surface area (Å²) in [5.74, 6) is 0. The molecule has 0 spiro atoms. The summed E-state index contributed by atoms with van der Waals surface area (Å²) >= 11 is 5.91. The van der Waals surface area contributed by atoms with E-state index in [4.69, 9.17) is 11.6 Å². The van der Waals surface area contributed by atoms with E-state index in [9.17, 15) is 0 Å². The van der Waals surface area contributed by atoms with Gasteiger partial charge in [-0.05, 0) is 41.3 Å². The van der Waals surface area contributed by atoms with Crippen LogP contribution < -0.4 is 0 Å². The molecule has 14 heavy (non-hydrogen) atoms. The second kappa shape index (κ2) is 4.02. The molecule has 0 N–H and O–H groups in total. The van der Waals surface area contributed by atoms with Crippen LogP contribution >= 0.6 is 11.6 Å². The molecule has 1 heteroatoms. The lowest BCUT2D eigenvalue weighted by atomic mass is 10.0. The highest BCUT2D eigenvalue weighted by atomic mass is 35.5. The predicted molar refractivity (Wildman–Crippen MR) is 62.6 cm³/mol. The number of hydrogen-bond donors (Lipinski definition) is 0. The van der Waals surface area contributed by atoms with Crippen molar-refractivity contribution in [2.24, 2.45) is 0 Å². The lowest BCUT2D eigenvalue weighted by molar-refractivity contribution is 1.00. The second-order valence-electron chi connectivity index (χ2n) is 3.43. The monoisotopic (exact) mass is 203 g/mol. The fourth-order valence-corrected chi connectivity index (χ4v) is 1.81. The number of aryl methyl sites for hydroxylation is 1. The van der Waals surface area contributed by atoms with E-state index in [1.54, 1.807) is 0 Å². The van der Waals surface area contributed by atoms with Crippen molar-refractivity contribution in [3.8, 4) is 0 Å². The molecule has 2 aromatic rings. The number of benzene rings is 2. The van der Waals surface area contributed by atoms with Crippen molar-refractivity contribution in [2.75, 3.05) is 0 Å². The van der Waals surface area contributed by atoms with Crippen molar-refractivity contribution < 1.29 is 0 Å². The zero-order valence-electron chi connectivity index (χ0n) is 7.96. The molecular formula is C13H12Cl. The molecule has 0 aromatic heterocycles. The highest BCUT2D eigenvalue weighted by Gasteiger charge is 1.96. The molecule has 0 nitrogen and oxygen atoms in total. The highest BCUT2D eigenvalue weighted by Crippen LogP contribution is 2.20. The van der Waals surface area contributed by atoms with Crippen LogP contribution in [0.4, 0.5) is 0 Å². The largest absolute Gasteiger partial charge is 0.0843 e. The first-order valence-corrected chi connectivity index (χ1v) is 5.15. The third kappa shape index (κ3) is 1.91. The van der Waals surface area contributed by atoms with Gasteiger partial charge in [0.2, 0.25) is 0 Å². The maximum atomic E-state index is 5.91. The van der Waals surface area contributed by atoms with E-state index in [1.165, 1.54) is 16.3 Å². The van der Waals surface area contributed by atoms with E-state index in [0.29, 0.717) is 0 Å². The van der Waals surface area contributed by atoms with Gasteiger partial charge >= 0.3 is 0 Å². The van der Waals surface area contributed by atoms with E-state index < -0.39 is 0 Å². The summed E-state index contributed by atoms with van der Waals surface area (Å²) < 4.78 is 0. The van der Waals surface area contributed by atoms with Crippen LogP contribution in [0.1, 0.15) is 12.0 Å². The molecule has 0 aliphatic heterocycles. The lowest BCUT2D eigenvalue weighted by Gasteiger charge is -2.02. The van der Waals surface area contributed by atoms with Crippen LogP contribution in [-0.4, -0.2) is 0 Å². The summed E-state index contributed by atoms with van der Waals surface area (Å²) in [6.45, 7) is 3.85. The smallest absolute Gasteiger partial charge is 0.0412 e. The Labute approximate surface area is 89.5 Å². The van der Waals surface area contributed by atoms with Gasteiger partial charge < -0.3 is 0 Å². The van der Waals surface area contributed by atoms with Crippen molar-refractivity contribution in [2.45, 2.75) is 12.8 Å². The molecule has 1 radical (unpaired) electrons. The Balaban J connectivity index is 2.50. The Hall–Kier alpha value is -1.01. The first-order valence-electron chi connectivity index (χ1n) is 4.77. The summed E-state index contributed by atoms with van der Waals surface area (Å²) in [5, 5.41) is 3.24. The normalized spacial score (nSPS) is 10.7. The minimum Gasteiger partial charge on any atom is -0.0843 e. The molecule has 0 unspecified atom stereocenters. The van der Waals surface area contributed by atoms with Crippen LogP contribution in [0.5, 0.6) is 0 Å². The molecular weight excluding hydrogens is 192 g/mol. The number of rotatable bonds is 2. The van der Waals surface area contributed by atoms with Crippen LogP contribution in [0, 0.1) is 6.92 Å². The Morgan fingerprint density at radius 2 is 1.71 bits per heavy atom. The van der Waals surface area contributed by atoms with Gasteiger partial charge in [-0.3, -0.25) is 0 Å². The molecule has 2 aromatic carbocycles. The molecule has 0 saturated carbocycles. The first kappa shape index (κ1) is 9.54. The SMILES string of the molecule is [CH2]CCc1ccc2cc(Cl)ccc2c1. The molecule has 0 heterocycles. The number of hydrogen-bond acceptors (Lipinski definition) is 0. The van der Waals surface area contributed by atoms with Gasteiger partial charge in [0.15, 0.2) is 0 Å². The van der Waals surface area contributed by atoms with Gasteiger partial charge in [-0.1, -0.05) is 42.8 Å². The molecule has 0 aliphatic carbocycles. The van der Waals surface area contributed by atoms with Crippen molar-refractivity contribution >= 4 is 22.4 Å². The van der Waals surface area contributed by atoms with Crippen LogP contribution in [0.15, 0.2) is 36.4 Å². The molecule has 71 valence electrons. The minimum atomic E-state index is 0.794. The molecule has 2 rings (SSSR count). The highest BCUT2D eigenvalue weighted by molar-refractivity contribution is 6.31. The van der Waals surface area contributed by atoms with Gasteiger partial charge in [-0.25, -0.2) is 0 Å². The molecule has 0 aliphatic rings. The quantitative estimate of drug-likeness (QED) is 0.684. The fourth-order valence-electron chi connectivity index (χ4n) is 1.63. The van der Waals surface area contributed by atoms with Crippen LogP contribution in [0.3, 0.4) is 0 Å². The molecule has 0 fully saturated rings. The Kier molecular flexibility index (Phi) is 2.74. The average molecular weight is 204 g/mol. The lowest BCUT2D eigenvalue weighted by Crippen LogP contribution is -1.82. The van der Waals surface area contributed by atoms with Crippen molar-refractivity contribution in [1.29, 1.82) is 0 Å². The Morgan fingerprint density at radius 1 is 1.00 bits per heavy atom. The fraction of sp³-hybridized carbons (Fsp3) is 0.154. The second-order valence-corrected chi connectivity index (χ2v) is 3.87. The number of halogens is 1. The summed E-state index contributed by atoms with van der Waals surface area (Å²) in [7, 11) is 0. The third-order valence-electron chi connectivity index (χ3n) is 2.33. The summed E-state index contributed by atoms with van der Waals surface area (Å²) in [4.78, 5) is 0. The van der Waals surface area contributed by atoms with E-state index >= 15 is 0 Å². The summed E-state index contributed by atoms with van der Waals surface area (Å²) in [5.41, 5.74) is 1.34. The molecule has 0 amide bonds. The van der Waals surface area contributed by atoms with Crippen LogP contribution in [0.2, 0.25) is 5.02 Å². The van der Waals surface area contributed by atoms with Crippen molar-refractivity contribution in [1.82, 2.24) is 0 Å². The Morgan fingerprint density at radius 3 is 2.50 bits per heavy atom. The summed E-state index contributed by atoms with van der Waals surface area (Å²) in [6.07, 6.45) is 1.98. The van der Waals surface area contributed by atoms with E-state index in [2.05, 4.69) is 31.2 Å². The van der Waals surface area contributed by atoms with Crippen LogP contribution in [0.25, 0.3) is 10.8 Å². The van der Waals surface area contributed by atoms with Gasteiger partial charge in [0.05, 0.1) is 0 Å². The maximum Gasteiger partial charge on any atom is 0.0412 e. The van der Waals surface area contributed by atoms with E-state index in [-0.39, 0.29) is 0 Å². The number of fused-ring (bicyclic) bond motifs is 1. The van der Waals surface area contributed by atoms with E-state index in [0.717, 1.165) is 17.9 Å². The summed E-state index contributed by atoms with van der Waals surface area (Å²) in [6, 6.07) is 12.4. The van der Waals surface area contributed by atoms with Crippen molar-refractivity contribution in [3.05, 3.63) is 53.9 Å². The van der Waals surface area contributed by atoms with Gasteiger partial charge in [-0.2, -0.15) is 0 Å². The standard InChI is InChI=1S/C13H12Cl/c1-2-3-10-4-5-12-9-13(14)7-6-11(12)8-10/h4-9H,1-3H2. The topological polar surface area (TPSA) is 0 Å². The first-order chi connectivity index (χ1) is 6.79. The van der Waals surface area contributed by atoms with Gasteiger partial charge in [0.1, 0.15) is 0 Å². The van der Waals surface area contributed by atoms with Gasteiger partial charge in [0, 0.05) is 5.02 Å². The van der Waals surface area contributed by atoms with E-state index in [1.807, 2.05) is 12.1 Å². The van der Waals surface area contributed by atoms with Gasteiger partial charge in [-0.15, -0.1) is 0 Å². The Bertz CT molecular complexity index is 446. The molecule has 0 atom stereocenters. The van der Waals surface area contributed by atoms with Gasteiger partial charge in [0.25, 0.3) is 0 Å². The molecule has 0 bridgehead atoms. The third-order valence-corrected chi connectivity index (χ3v) is 2.57.